The summed E-state index contributed by atoms with van der Waals surface area (Å²) in [6.45, 7) is 0. The molecule has 1 amide bonds. The molecule has 1 saturated carbocycles. The van der Waals surface area contributed by atoms with Gasteiger partial charge in [-0.2, -0.15) is 0 Å². The van der Waals surface area contributed by atoms with Crippen LogP contribution in [0.3, 0.4) is 0 Å². The second-order valence-electron chi connectivity index (χ2n) is 9.38. The van der Waals surface area contributed by atoms with Gasteiger partial charge >= 0.3 is 11.9 Å². The Labute approximate surface area is 212 Å². The van der Waals surface area contributed by atoms with E-state index in [4.69, 9.17) is 14.5 Å². The van der Waals surface area contributed by atoms with Crippen molar-refractivity contribution in [1.82, 2.24) is 14.9 Å². The van der Waals surface area contributed by atoms with Crippen molar-refractivity contribution in [2.75, 3.05) is 0 Å². The number of hydrogen-bond acceptors (Lipinski definition) is 5. The molecular formula is C28H27N3O6. The molecular weight excluding hydrogens is 474 g/mol. The number of carboxylic acids is 2. The van der Waals surface area contributed by atoms with Gasteiger partial charge in [0.1, 0.15) is 18.1 Å². The summed E-state index contributed by atoms with van der Waals surface area (Å²) < 4.78 is 7.54. The first kappa shape index (κ1) is 24.3. The van der Waals surface area contributed by atoms with E-state index in [9.17, 15) is 19.5 Å². The monoisotopic (exact) mass is 501 g/mol. The Bertz CT molecular complexity index is 1430. The molecule has 0 unspecified atom stereocenters. The van der Waals surface area contributed by atoms with E-state index >= 15 is 0 Å². The van der Waals surface area contributed by atoms with Crippen LogP contribution in [-0.4, -0.2) is 43.7 Å². The van der Waals surface area contributed by atoms with E-state index in [2.05, 4.69) is 9.88 Å². The summed E-state index contributed by atoms with van der Waals surface area (Å²) in [5.74, 6) is -1.97. The van der Waals surface area contributed by atoms with Gasteiger partial charge < -0.3 is 24.5 Å². The Morgan fingerprint density at radius 1 is 1.00 bits per heavy atom. The van der Waals surface area contributed by atoms with Crippen LogP contribution in [0.5, 0.6) is 0 Å². The fourth-order valence-electron chi connectivity index (χ4n) is 5.00. The Morgan fingerprint density at radius 2 is 1.73 bits per heavy atom. The number of carboxylic acid groups (broad SMARTS) is 2. The van der Waals surface area contributed by atoms with E-state index < -0.39 is 23.9 Å². The van der Waals surface area contributed by atoms with Crippen molar-refractivity contribution in [3.05, 3.63) is 77.7 Å². The normalized spacial score (nSPS) is 14.9. The molecule has 1 aliphatic rings. The topological polar surface area (TPSA) is 135 Å². The number of furan rings is 1. The number of imidazole rings is 1. The van der Waals surface area contributed by atoms with Crippen LogP contribution in [0.2, 0.25) is 0 Å². The minimum absolute atomic E-state index is 0.0180. The van der Waals surface area contributed by atoms with Crippen molar-refractivity contribution in [2.45, 2.75) is 50.6 Å². The van der Waals surface area contributed by atoms with Crippen LogP contribution in [0.15, 0.2) is 65.5 Å². The lowest BCUT2D eigenvalue weighted by Gasteiger charge is -2.25. The van der Waals surface area contributed by atoms with Crippen molar-refractivity contribution < 1.29 is 29.0 Å². The van der Waals surface area contributed by atoms with Crippen LogP contribution in [0.25, 0.3) is 22.4 Å². The Hall–Kier alpha value is -4.40. The second-order valence-corrected chi connectivity index (χ2v) is 9.38. The fraction of sp³-hybridized carbons (Fsp3) is 0.286. The number of fused-ring (bicyclic) bond motifs is 1. The first-order chi connectivity index (χ1) is 17.9. The average molecular weight is 502 g/mol. The zero-order chi connectivity index (χ0) is 25.9. The Morgan fingerprint density at radius 3 is 2.38 bits per heavy atom. The minimum Gasteiger partial charge on any atom is -0.480 e. The molecule has 2 aromatic carbocycles. The standard InChI is InChI=1S/C28H27N3O6/c32-26(30-23(28(35)36)14-17-6-8-18(9-7-17)27(33)34)19-10-11-24-22(15-19)29-25(20-12-13-37-16-20)31(24)21-4-2-1-3-5-21/h6-13,15-16,21,23H,1-5,14H2,(H,30,32)(H,33,34)(H,35,36)/t23-/m0/s1. The van der Waals surface area contributed by atoms with Gasteiger partial charge in [-0.05, 0) is 54.8 Å². The number of nitrogens with zero attached hydrogens (tertiary/aromatic N) is 2. The van der Waals surface area contributed by atoms with Crippen molar-refractivity contribution in [1.29, 1.82) is 0 Å². The summed E-state index contributed by atoms with van der Waals surface area (Å²) >= 11 is 0. The van der Waals surface area contributed by atoms with E-state index in [-0.39, 0.29) is 12.0 Å². The van der Waals surface area contributed by atoms with E-state index in [0.29, 0.717) is 22.7 Å². The Kier molecular flexibility index (Phi) is 6.76. The number of hydrogen-bond donors (Lipinski definition) is 3. The molecule has 9 nitrogen and oxygen atoms in total. The van der Waals surface area contributed by atoms with Crippen molar-refractivity contribution in [3.63, 3.8) is 0 Å². The second kappa shape index (κ2) is 10.3. The zero-order valence-corrected chi connectivity index (χ0v) is 20.1. The Balaban J connectivity index is 1.41. The largest absolute Gasteiger partial charge is 0.480 e. The molecule has 0 saturated heterocycles. The summed E-state index contributed by atoms with van der Waals surface area (Å²) in [5, 5.41) is 21.3. The molecule has 2 heterocycles. The highest BCUT2D eigenvalue weighted by Gasteiger charge is 2.25. The fourth-order valence-corrected chi connectivity index (χ4v) is 5.00. The highest BCUT2D eigenvalue weighted by Crippen LogP contribution is 2.36. The first-order valence-electron chi connectivity index (χ1n) is 12.3. The molecule has 2 aromatic heterocycles. The quantitative estimate of drug-likeness (QED) is 0.312. The lowest BCUT2D eigenvalue weighted by atomic mass is 9.95. The van der Waals surface area contributed by atoms with Gasteiger partial charge in [-0.1, -0.05) is 31.4 Å². The summed E-state index contributed by atoms with van der Waals surface area (Å²) in [6.07, 6.45) is 8.96. The van der Waals surface area contributed by atoms with Crippen molar-refractivity contribution >= 4 is 28.9 Å². The molecule has 1 fully saturated rings. The van der Waals surface area contributed by atoms with Crippen LogP contribution < -0.4 is 5.32 Å². The predicted molar refractivity (Wildman–Crippen MR) is 136 cm³/mol. The number of carbonyl (C=O) groups excluding carboxylic acids is 1. The number of rotatable bonds is 8. The van der Waals surface area contributed by atoms with Gasteiger partial charge in [0, 0.05) is 18.0 Å². The molecule has 190 valence electrons. The van der Waals surface area contributed by atoms with Gasteiger partial charge in [0.05, 0.1) is 28.4 Å². The maximum absolute atomic E-state index is 13.1. The lowest BCUT2D eigenvalue weighted by molar-refractivity contribution is -0.139. The maximum atomic E-state index is 13.1. The van der Waals surface area contributed by atoms with Crippen LogP contribution in [-0.2, 0) is 11.2 Å². The number of aromatic carboxylic acids is 1. The first-order valence-corrected chi connectivity index (χ1v) is 12.3. The molecule has 9 heteroatoms. The molecule has 1 atom stereocenters. The SMILES string of the molecule is O=C(O)c1ccc(C[C@H](NC(=O)c2ccc3c(c2)nc(-c2ccoc2)n3C2CCCCC2)C(=O)O)cc1. The number of benzene rings is 2. The third-order valence-electron chi connectivity index (χ3n) is 6.92. The van der Waals surface area contributed by atoms with Crippen LogP contribution >= 0.6 is 0 Å². The number of aliphatic carboxylic acids is 1. The smallest absolute Gasteiger partial charge is 0.335 e. The van der Waals surface area contributed by atoms with Gasteiger partial charge in [0.2, 0.25) is 0 Å². The summed E-state index contributed by atoms with van der Waals surface area (Å²) in [5.41, 5.74) is 3.47. The third kappa shape index (κ3) is 5.11. The van der Waals surface area contributed by atoms with E-state index in [1.165, 1.54) is 18.6 Å². The third-order valence-corrected chi connectivity index (χ3v) is 6.92. The molecule has 3 N–H and O–H groups in total. The van der Waals surface area contributed by atoms with E-state index in [1.54, 1.807) is 36.8 Å². The summed E-state index contributed by atoms with van der Waals surface area (Å²) in [6, 6.07) is 12.2. The van der Waals surface area contributed by atoms with Gasteiger partial charge in [0.25, 0.3) is 5.91 Å². The van der Waals surface area contributed by atoms with Crippen molar-refractivity contribution in [2.24, 2.45) is 0 Å². The average Bonchev–Trinajstić information content (AvgIpc) is 3.56. The van der Waals surface area contributed by atoms with Gasteiger partial charge in [-0.25, -0.2) is 14.6 Å². The zero-order valence-electron chi connectivity index (χ0n) is 20.1. The molecule has 0 radical (unpaired) electrons. The van der Waals surface area contributed by atoms with Gasteiger partial charge in [-0.3, -0.25) is 4.79 Å². The number of carbonyl (C=O) groups is 3. The van der Waals surface area contributed by atoms with Crippen LogP contribution in [0, 0.1) is 0 Å². The summed E-state index contributed by atoms with van der Waals surface area (Å²) in [4.78, 5) is 40.8. The molecule has 1 aliphatic carbocycles. The van der Waals surface area contributed by atoms with E-state index in [0.717, 1.165) is 42.6 Å². The molecule has 0 aliphatic heterocycles. The van der Waals surface area contributed by atoms with Crippen LogP contribution in [0.1, 0.15) is 64.4 Å². The minimum atomic E-state index is -1.18. The molecule has 0 spiro atoms. The maximum Gasteiger partial charge on any atom is 0.335 e. The number of amides is 1. The number of aromatic nitrogens is 2. The van der Waals surface area contributed by atoms with E-state index in [1.807, 2.05) is 12.1 Å². The molecule has 4 aromatic rings. The molecule has 0 bridgehead atoms. The van der Waals surface area contributed by atoms with Gasteiger partial charge in [-0.15, -0.1) is 0 Å². The predicted octanol–water partition coefficient (Wildman–Crippen LogP) is 4.93. The van der Waals surface area contributed by atoms with Gasteiger partial charge in [0.15, 0.2) is 0 Å². The molecule has 5 rings (SSSR count). The highest BCUT2D eigenvalue weighted by molar-refractivity contribution is 5.99. The number of nitrogens with one attached hydrogen (secondary N) is 1. The lowest BCUT2D eigenvalue weighted by Crippen LogP contribution is -2.42. The van der Waals surface area contributed by atoms with Crippen molar-refractivity contribution in [3.8, 4) is 11.4 Å². The van der Waals surface area contributed by atoms with Crippen LogP contribution in [0.4, 0.5) is 0 Å². The highest BCUT2D eigenvalue weighted by atomic mass is 16.4. The molecule has 37 heavy (non-hydrogen) atoms. The summed E-state index contributed by atoms with van der Waals surface area (Å²) in [7, 11) is 0.